The third kappa shape index (κ3) is 6.64. The smallest absolute Gasteiger partial charge is 0.408 e. The summed E-state index contributed by atoms with van der Waals surface area (Å²) < 4.78 is 18.4. The summed E-state index contributed by atoms with van der Waals surface area (Å²) in [7, 11) is 0. The van der Waals surface area contributed by atoms with E-state index in [2.05, 4.69) is 5.32 Å². The third-order valence-corrected chi connectivity index (χ3v) is 9.51. The van der Waals surface area contributed by atoms with Crippen molar-refractivity contribution in [3.63, 3.8) is 0 Å². The minimum Gasteiger partial charge on any atom is -0.490 e. The lowest BCUT2D eigenvalue weighted by Crippen LogP contribution is -2.57. The molecule has 2 bridgehead atoms. The lowest BCUT2D eigenvalue weighted by atomic mass is 9.85. The molecule has 10 heteroatoms. The van der Waals surface area contributed by atoms with E-state index in [1.54, 1.807) is 4.90 Å². The van der Waals surface area contributed by atoms with Crippen LogP contribution in [-0.4, -0.2) is 69.6 Å². The highest BCUT2D eigenvalue weighted by Gasteiger charge is 2.50. The van der Waals surface area contributed by atoms with Crippen molar-refractivity contribution < 1.29 is 28.6 Å². The van der Waals surface area contributed by atoms with E-state index in [0.717, 1.165) is 61.9 Å². The quantitative estimate of drug-likeness (QED) is 0.492. The van der Waals surface area contributed by atoms with Gasteiger partial charge in [-0.25, -0.2) is 14.8 Å². The Hall–Kier alpha value is -3.43. The molecule has 0 spiro atoms. The summed E-state index contributed by atoms with van der Waals surface area (Å²) in [6.07, 6.45) is 7.40. The topological polar surface area (TPSA) is 120 Å². The summed E-state index contributed by atoms with van der Waals surface area (Å²) in [6, 6.07) is 4.28. The number of aromatic nitrogens is 2. The van der Waals surface area contributed by atoms with E-state index in [4.69, 9.17) is 24.2 Å². The first-order chi connectivity index (χ1) is 21.0. The van der Waals surface area contributed by atoms with Crippen LogP contribution in [0.1, 0.15) is 91.7 Å². The largest absolute Gasteiger partial charge is 0.490 e. The van der Waals surface area contributed by atoms with Gasteiger partial charge in [0.15, 0.2) is 5.78 Å². The highest BCUT2D eigenvalue weighted by atomic mass is 16.6. The maximum atomic E-state index is 14.2. The summed E-state index contributed by atoms with van der Waals surface area (Å²) in [5.41, 5.74) is 1.66. The van der Waals surface area contributed by atoms with Crippen molar-refractivity contribution in [2.24, 2.45) is 17.3 Å². The number of carbonyl (C=O) groups is 3. The van der Waals surface area contributed by atoms with Gasteiger partial charge in [0.1, 0.15) is 29.7 Å². The van der Waals surface area contributed by atoms with Crippen LogP contribution in [0.3, 0.4) is 0 Å². The molecule has 238 valence electrons. The normalized spacial score (nSPS) is 29.8. The molecule has 1 saturated heterocycles. The number of fused-ring (bicyclic) bond motifs is 5. The van der Waals surface area contributed by atoms with Gasteiger partial charge in [-0.3, -0.25) is 9.59 Å². The van der Waals surface area contributed by atoms with E-state index >= 15 is 0 Å². The molecule has 44 heavy (non-hydrogen) atoms. The Morgan fingerprint density at radius 2 is 1.84 bits per heavy atom. The Balaban J connectivity index is 1.36. The Labute approximate surface area is 259 Å². The van der Waals surface area contributed by atoms with Crippen LogP contribution >= 0.6 is 0 Å². The van der Waals surface area contributed by atoms with Crippen molar-refractivity contribution in [3.05, 3.63) is 23.9 Å². The molecule has 3 fully saturated rings. The molecule has 1 N–H and O–H groups in total. The summed E-state index contributed by atoms with van der Waals surface area (Å²) in [6.45, 7) is 9.46. The van der Waals surface area contributed by atoms with Crippen molar-refractivity contribution in [1.29, 1.82) is 0 Å². The van der Waals surface area contributed by atoms with Crippen molar-refractivity contribution in [2.75, 3.05) is 6.54 Å². The number of amides is 2. The molecular formula is C34H46N4O6. The molecule has 1 aromatic carbocycles. The molecule has 2 saturated carbocycles. The van der Waals surface area contributed by atoms with E-state index < -0.39 is 29.7 Å². The summed E-state index contributed by atoms with van der Waals surface area (Å²) >= 11 is 0. The average Bonchev–Trinajstić information content (AvgIpc) is 3.88. The molecular weight excluding hydrogens is 560 g/mol. The van der Waals surface area contributed by atoms with Crippen LogP contribution in [0.15, 0.2) is 18.2 Å². The monoisotopic (exact) mass is 606 g/mol. The molecule has 0 unspecified atom stereocenters. The molecule has 10 nitrogen and oxygen atoms in total. The number of ether oxygens (including phenoxy) is 3. The number of ketones is 1. The van der Waals surface area contributed by atoms with Crippen molar-refractivity contribution in [1.82, 2.24) is 20.2 Å². The van der Waals surface area contributed by atoms with E-state index in [1.807, 2.05) is 45.9 Å². The Kier molecular flexibility index (Phi) is 8.46. The van der Waals surface area contributed by atoms with Crippen molar-refractivity contribution in [3.8, 4) is 11.6 Å². The number of aryl methyl sites for hydroxylation is 1. The molecule has 6 rings (SSSR count). The molecule has 2 amide bonds. The zero-order chi connectivity index (χ0) is 31.2. The van der Waals surface area contributed by atoms with E-state index in [1.165, 1.54) is 6.92 Å². The predicted octanol–water partition coefficient (Wildman–Crippen LogP) is 5.39. The zero-order valence-electron chi connectivity index (χ0n) is 26.6. The number of Topliss-reactive ketones (excluding diaryl/α,β-unsaturated/α-hetero) is 1. The molecule has 6 atom stereocenters. The van der Waals surface area contributed by atoms with Crippen LogP contribution in [0.2, 0.25) is 0 Å². The van der Waals surface area contributed by atoms with Gasteiger partial charge in [0.05, 0.1) is 29.7 Å². The number of nitrogens with zero attached hydrogens (tertiary/aromatic N) is 3. The first-order valence-electron chi connectivity index (χ1n) is 16.4. The van der Waals surface area contributed by atoms with Gasteiger partial charge in [-0.2, -0.15) is 0 Å². The number of nitrogens with one attached hydrogen (secondary N) is 1. The minimum atomic E-state index is -0.870. The van der Waals surface area contributed by atoms with Crippen LogP contribution in [0, 0.1) is 17.3 Å². The molecule has 4 aliphatic rings. The standard InChI is InChI=1S/C34H46N4O6/c1-6-23-28-18-38(29(23)19(2)39)32(40)30(34(3,4)5)37-33(41)44-27-16-20(27)10-8-7-9-11-25-31(43-28)36-26-17-22(42-21-12-13-21)14-15-24(26)35-25/h14-15,17,20-21,23,27-30H,6-13,16,18H2,1-5H3,(H,37,41)/t20-,23-,27-,28+,29-,30-/m1/s1. The highest BCUT2D eigenvalue weighted by molar-refractivity contribution is 5.92. The van der Waals surface area contributed by atoms with Gasteiger partial charge >= 0.3 is 6.09 Å². The number of hydrogen-bond donors (Lipinski definition) is 1. The third-order valence-electron chi connectivity index (χ3n) is 9.51. The lowest BCUT2D eigenvalue weighted by molar-refractivity contribution is -0.141. The van der Waals surface area contributed by atoms with Gasteiger partial charge in [-0.15, -0.1) is 0 Å². The van der Waals surface area contributed by atoms with Crippen LogP contribution < -0.4 is 14.8 Å². The van der Waals surface area contributed by atoms with E-state index in [0.29, 0.717) is 30.2 Å². The second-order valence-corrected chi connectivity index (χ2v) is 14.2. The molecule has 2 aliphatic carbocycles. The second-order valence-electron chi connectivity index (χ2n) is 14.2. The second kappa shape index (κ2) is 12.2. The number of carbonyl (C=O) groups excluding carboxylic acids is 3. The predicted molar refractivity (Wildman–Crippen MR) is 164 cm³/mol. The number of rotatable bonds is 4. The van der Waals surface area contributed by atoms with Crippen molar-refractivity contribution >= 4 is 28.8 Å². The molecule has 2 aliphatic heterocycles. The van der Waals surface area contributed by atoms with Gasteiger partial charge in [0.25, 0.3) is 0 Å². The number of hydrogen-bond acceptors (Lipinski definition) is 8. The average molecular weight is 607 g/mol. The molecule has 1 aromatic heterocycles. The molecule has 2 aromatic rings. The first kappa shape index (κ1) is 30.6. The Morgan fingerprint density at radius 3 is 2.55 bits per heavy atom. The Morgan fingerprint density at radius 1 is 1.05 bits per heavy atom. The fourth-order valence-electron chi connectivity index (χ4n) is 6.79. The maximum absolute atomic E-state index is 14.2. The highest BCUT2D eigenvalue weighted by Crippen LogP contribution is 2.39. The summed E-state index contributed by atoms with van der Waals surface area (Å²) in [5.74, 6) is 0.922. The minimum absolute atomic E-state index is 0.107. The number of alkyl carbamates (subject to hydrolysis) is 1. The van der Waals surface area contributed by atoms with Gasteiger partial charge in [-0.05, 0) is 75.3 Å². The Bertz CT molecular complexity index is 1420. The first-order valence-corrected chi connectivity index (χ1v) is 16.4. The van der Waals surface area contributed by atoms with Crippen LogP contribution in [0.25, 0.3) is 11.0 Å². The van der Waals surface area contributed by atoms with Crippen LogP contribution in [-0.2, 0) is 20.7 Å². The van der Waals surface area contributed by atoms with Crippen LogP contribution in [0.4, 0.5) is 4.79 Å². The van der Waals surface area contributed by atoms with Gasteiger partial charge < -0.3 is 24.4 Å². The van der Waals surface area contributed by atoms with E-state index in [9.17, 15) is 14.4 Å². The zero-order valence-corrected chi connectivity index (χ0v) is 26.6. The summed E-state index contributed by atoms with van der Waals surface area (Å²) in [5, 5.41) is 2.86. The fourth-order valence-corrected chi connectivity index (χ4v) is 6.79. The maximum Gasteiger partial charge on any atom is 0.408 e. The number of benzene rings is 1. The molecule has 0 radical (unpaired) electrons. The van der Waals surface area contributed by atoms with Gasteiger partial charge in [-0.1, -0.05) is 40.5 Å². The summed E-state index contributed by atoms with van der Waals surface area (Å²) in [4.78, 5) is 51.9. The van der Waals surface area contributed by atoms with Gasteiger partial charge in [0, 0.05) is 12.0 Å². The van der Waals surface area contributed by atoms with Gasteiger partial charge in [0.2, 0.25) is 11.8 Å². The molecule has 3 heterocycles. The van der Waals surface area contributed by atoms with Crippen molar-refractivity contribution in [2.45, 2.75) is 123 Å². The lowest BCUT2D eigenvalue weighted by Gasteiger charge is -2.35. The van der Waals surface area contributed by atoms with Crippen LogP contribution in [0.5, 0.6) is 11.6 Å². The fraction of sp³-hybridized carbons (Fsp3) is 0.676. The SMILES string of the molecule is CC[C@@H]1[C@@H]2CN(C(=O)[C@H](C(C)(C)C)NC(=O)O[C@@H]3C[C@H]3CCCCCc3nc4ccc(OC5CC5)cc4nc3O2)[C@@H]1C(C)=O. The van der Waals surface area contributed by atoms with E-state index in [-0.39, 0.29) is 36.4 Å².